The monoisotopic (exact) mass is 338 g/mol. The molecule has 2 aromatic carbocycles. The summed E-state index contributed by atoms with van der Waals surface area (Å²) < 4.78 is 22.5. The van der Waals surface area contributed by atoms with Crippen molar-refractivity contribution in [3.8, 4) is 23.0 Å². The van der Waals surface area contributed by atoms with Gasteiger partial charge in [0.25, 0.3) is 0 Å². The van der Waals surface area contributed by atoms with Gasteiger partial charge in [-0.2, -0.15) is 0 Å². The summed E-state index contributed by atoms with van der Waals surface area (Å²) in [6.45, 7) is 1.45. The van der Waals surface area contributed by atoms with E-state index < -0.39 is 0 Å². The van der Waals surface area contributed by atoms with Crippen molar-refractivity contribution in [3.05, 3.63) is 53.1 Å². The zero-order valence-corrected chi connectivity index (χ0v) is 13.9. The Labute approximate surface area is 145 Å². The Kier molecular flexibility index (Phi) is 4.06. The lowest BCUT2D eigenvalue weighted by atomic mass is 9.98. The molecule has 0 aliphatic carbocycles. The third kappa shape index (κ3) is 2.93. The van der Waals surface area contributed by atoms with Crippen LogP contribution in [0.5, 0.6) is 23.0 Å². The molecule has 0 spiro atoms. The molecule has 128 valence electrons. The topological polar surface area (TPSA) is 54.0 Å². The van der Waals surface area contributed by atoms with Crippen molar-refractivity contribution in [2.24, 2.45) is 0 Å². The highest BCUT2D eigenvalue weighted by Crippen LogP contribution is 2.36. The van der Waals surface area contributed by atoms with Crippen molar-refractivity contribution < 1.29 is 23.7 Å². The quantitative estimate of drug-likeness (QED) is 0.784. The summed E-state index contributed by atoms with van der Waals surface area (Å²) in [6.07, 6.45) is 2.65. The fourth-order valence-corrected chi connectivity index (χ4v) is 2.96. The predicted octanol–water partition coefficient (Wildman–Crippen LogP) is 3.52. The van der Waals surface area contributed by atoms with Crippen LogP contribution in [0.25, 0.3) is 6.08 Å². The number of methoxy groups -OCH3 is 1. The van der Waals surface area contributed by atoms with Gasteiger partial charge in [-0.1, -0.05) is 12.1 Å². The van der Waals surface area contributed by atoms with Crippen molar-refractivity contribution in [1.29, 1.82) is 0 Å². The number of benzene rings is 2. The maximum absolute atomic E-state index is 12.8. The van der Waals surface area contributed by atoms with Crippen molar-refractivity contribution >= 4 is 11.9 Å². The van der Waals surface area contributed by atoms with E-state index in [1.54, 1.807) is 25.3 Å². The molecule has 2 aliphatic heterocycles. The van der Waals surface area contributed by atoms with Crippen molar-refractivity contribution in [3.63, 3.8) is 0 Å². The Morgan fingerprint density at radius 3 is 2.80 bits per heavy atom. The predicted molar refractivity (Wildman–Crippen MR) is 92.8 cm³/mol. The molecule has 0 saturated carbocycles. The zero-order valence-electron chi connectivity index (χ0n) is 13.9. The molecule has 0 radical (unpaired) electrons. The number of rotatable bonds is 2. The normalized spacial score (nSPS) is 17.5. The first-order chi connectivity index (χ1) is 12.3. The molecule has 25 heavy (non-hydrogen) atoms. The summed E-state index contributed by atoms with van der Waals surface area (Å²) in [5.41, 5.74) is 1.90. The molecule has 0 aromatic heterocycles. The smallest absolute Gasteiger partial charge is 0.196 e. The van der Waals surface area contributed by atoms with Crippen LogP contribution >= 0.6 is 0 Å². The molecule has 2 heterocycles. The molecule has 2 aliphatic rings. The van der Waals surface area contributed by atoms with Crippen LogP contribution in [0.2, 0.25) is 0 Å². The lowest BCUT2D eigenvalue weighted by Crippen LogP contribution is -2.19. The van der Waals surface area contributed by atoms with E-state index in [1.165, 1.54) is 0 Å². The molecule has 0 saturated heterocycles. The van der Waals surface area contributed by atoms with Gasteiger partial charge >= 0.3 is 0 Å². The molecule has 0 unspecified atom stereocenters. The zero-order chi connectivity index (χ0) is 17.2. The number of hydrogen-bond donors (Lipinski definition) is 0. The van der Waals surface area contributed by atoms with Gasteiger partial charge in [0, 0.05) is 17.6 Å². The minimum atomic E-state index is -0.0627. The van der Waals surface area contributed by atoms with E-state index in [9.17, 15) is 4.79 Å². The minimum Gasteiger partial charge on any atom is -0.497 e. The average Bonchev–Trinajstić information content (AvgIpc) is 2.90. The second-order valence-electron chi connectivity index (χ2n) is 5.87. The number of para-hydroxylation sites is 1. The van der Waals surface area contributed by atoms with E-state index in [1.807, 2.05) is 24.3 Å². The third-order valence-electron chi connectivity index (χ3n) is 4.24. The maximum Gasteiger partial charge on any atom is 0.196 e. The number of hydrogen-bond acceptors (Lipinski definition) is 5. The Morgan fingerprint density at radius 2 is 1.92 bits per heavy atom. The number of carbonyl (C=O) groups excluding carboxylic acids is 1. The third-order valence-corrected chi connectivity index (χ3v) is 4.24. The molecular weight excluding hydrogens is 320 g/mol. The second-order valence-corrected chi connectivity index (χ2v) is 5.87. The molecule has 0 amide bonds. The van der Waals surface area contributed by atoms with E-state index in [0.29, 0.717) is 47.3 Å². The fourth-order valence-electron chi connectivity index (χ4n) is 2.96. The van der Waals surface area contributed by atoms with Crippen LogP contribution in [0.3, 0.4) is 0 Å². The molecular formula is C20H18O5. The van der Waals surface area contributed by atoms with Gasteiger partial charge in [0.15, 0.2) is 17.3 Å². The van der Waals surface area contributed by atoms with Crippen LogP contribution in [0, 0.1) is 0 Å². The summed E-state index contributed by atoms with van der Waals surface area (Å²) in [7, 11) is 1.57. The van der Waals surface area contributed by atoms with Gasteiger partial charge in [0.05, 0.1) is 25.9 Å². The molecule has 0 bridgehead atoms. The maximum atomic E-state index is 12.8. The molecule has 5 nitrogen and oxygen atoms in total. The first-order valence-electron chi connectivity index (χ1n) is 8.21. The highest BCUT2D eigenvalue weighted by Gasteiger charge is 2.25. The van der Waals surface area contributed by atoms with Crippen molar-refractivity contribution in [2.45, 2.75) is 6.42 Å². The average molecular weight is 338 g/mol. The highest BCUT2D eigenvalue weighted by atomic mass is 16.5. The van der Waals surface area contributed by atoms with Crippen LogP contribution in [-0.4, -0.2) is 32.7 Å². The van der Waals surface area contributed by atoms with E-state index in [4.69, 9.17) is 18.9 Å². The van der Waals surface area contributed by atoms with E-state index >= 15 is 0 Å². The number of fused-ring (bicyclic) bond motifs is 2. The van der Waals surface area contributed by atoms with Gasteiger partial charge in [-0.05, 0) is 30.3 Å². The number of Topliss-reactive ketones (excluding diaryl/α,β-unsaturated/α-hetero) is 1. The second kappa shape index (κ2) is 6.51. The summed E-state index contributed by atoms with van der Waals surface area (Å²) >= 11 is 0. The molecule has 0 N–H and O–H groups in total. The van der Waals surface area contributed by atoms with Crippen molar-refractivity contribution in [1.82, 2.24) is 0 Å². The Balaban J connectivity index is 1.72. The van der Waals surface area contributed by atoms with Crippen LogP contribution in [0.4, 0.5) is 0 Å². The van der Waals surface area contributed by atoms with E-state index in [-0.39, 0.29) is 12.4 Å². The van der Waals surface area contributed by atoms with E-state index in [0.717, 1.165) is 12.0 Å². The lowest BCUT2D eigenvalue weighted by Gasteiger charge is -2.20. The summed E-state index contributed by atoms with van der Waals surface area (Å²) in [4.78, 5) is 12.8. The highest BCUT2D eigenvalue weighted by molar-refractivity contribution is 6.14. The number of ether oxygens (including phenoxy) is 4. The fraction of sp³-hybridized carbons (Fsp3) is 0.250. The van der Waals surface area contributed by atoms with Gasteiger partial charge in [0.1, 0.15) is 18.1 Å². The molecule has 4 rings (SSSR count). The lowest BCUT2D eigenvalue weighted by molar-refractivity contribution is 0.100. The number of ketones is 1. The summed E-state index contributed by atoms with van der Waals surface area (Å²) in [5.74, 6) is 2.53. The Hall–Kier alpha value is -2.95. The van der Waals surface area contributed by atoms with Gasteiger partial charge < -0.3 is 18.9 Å². The first kappa shape index (κ1) is 15.6. The Morgan fingerprint density at radius 1 is 1.04 bits per heavy atom. The minimum absolute atomic E-state index is 0.0627. The summed E-state index contributed by atoms with van der Waals surface area (Å²) in [6, 6.07) is 10.9. The molecule has 0 atom stereocenters. The van der Waals surface area contributed by atoms with Gasteiger partial charge in [0.2, 0.25) is 0 Å². The largest absolute Gasteiger partial charge is 0.497 e. The van der Waals surface area contributed by atoms with Gasteiger partial charge in [-0.25, -0.2) is 0 Å². The van der Waals surface area contributed by atoms with Gasteiger partial charge in [-0.15, -0.1) is 0 Å². The van der Waals surface area contributed by atoms with Crippen LogP contribution in [-0.2, 0) is 0 Å². The first-order valence-corrected chi connectivity index (χ1v) is 8.21. The Bertz CT molecular complexity index is 853. The van der Waals surface area contributed by atoms with E-state index in [2.05, 4.69) is 0 Å². The molecule has 2 aromatic rings. The molecule has 0 fully saturated rings. The molecule has 5 heteroatoms. The van der Waals surface area contributed by atoms with Crippen molar-refractivity contribution in [2.75, 3.05) is 26.9 Å². The standard InChI is InChI=1S/C20H18O5/c1-22-15-6-7-17-16(11-15)19(21)14(12-25-17)10-13-4-2-5-18-20(13)24-9-3-8-23-18/h2,4-7,10-11H,3,8-9,12H2,1H3/b14-10+. The van der Waals surface area contributed by atoms with Crippen LogP contribution in [0.15, 0.2) is 42.0 Å². The van der Waals surface area contributed by atoms with Crippen LogP contribution < -0.4 is 18.9 Å². The number of carbonyl (C=O) groups is 1. The van der Waals surface area contributed by atoms with Gasteiger partial charge in [-0.3, -0.25) is 4.79 Å². The summed E-state index contributed by atoms with van der Waals surface area (Å²) in [5, 5.41) is 0. The SMILES string of the molecule is COc1ccc2c(c1)C(=O)/C(=C/c1cccc3c1OCCCO3)CO2. The van der Waals surface area contributed by atoms with Crippen LogP contribution in [0.1, 0.15) is 22.3 Å².